The Morgan fingerprint density at radius 3 is 2.87 bits per heavy atom. The van der Waals surface area contributed by atoms with Gasteiger partial charge in [0.05, 0.1) is 28.9 Å². The van der Waals surface area contributed by atoms with E-state index >= 15 is 0 Å². The molecule has 1 aliphatic heterocycles. The maximum Gasteiger partial charge on any atom is 0.254 e. The largest absolute Gasteiger partial charge is 0.347 e. The number of hydrogen-bond donors (Lipinski definition) is 1. The first-order chi connectivity index (χ1) is 11.0. The van der Waals surface area contributed by atoms with Gasteiger partial charge in [0.1, 0.15) is 5.82 Å². The molecule has 0 radical (unpaired) electrons. The van der Waals surface area contributed by atoms with Gasteiger partial charge in [0.2, 0.25) is 0 Å². The Morgan fingerprint density at radius 2 is 2.22 bits per heavy atom. The quantitative estimate of drug-likeness (QED) is 0.936. The van der Waals surface area contributed by atoms with Crippen LogP contribution < -0.4 is 5.32 Å². The number of likely N-dealkylation sites (N-methyl/N-ethyl adjacent to an activating group) is 1. The average molecular weight is 337 g/mol. The van der Waals surface area contributed by atoms with Crippen molar-refractivity contribution in [3.8, 4) is 0 Å². The molecular formula is C16H18ClFN4O. The Kier molecular flexibility index (Phi) is 4.37. The molecule has 0 saturated carbocycles. The summed E-state index contributed by atoms with van der Waals surface area (Å²) in [5, 5.41) is 7.14. The minimum Gasteiger partial charge on any atom is -0.347 e. The third-order valence-corrected chi connectivity index (χ3v) is 4.52. The Hall–Kier alpha value is -1.92. The summed E-state index contributed by atoms with van der Waals surface area (Å²) in [6.07, 6.45) is 4.01. The van der Waals surface area contributed by atoms with Crippen molar-refractivity contribution in [2.24, 2.45) is 7.05 Å². The molecule has 0 unspecified atom stereocenters. The predicted octanol–water partition coefficient (Wildman–Crippen LogP) is 2.39. The summed E-state index contributed by atoms with van der Waals surface area (Å²) in [5.74, 6) is -0.611. The van der Waals surface area contributed by atoms with Gasteiger partial charge >= 0.3 is 0 Å². The van der Waals surface area contributed by atoms with Crippen LogP contribution in [0.5, 0.6) is 0 Å². The van der Waals surface area contributed by atoms with Crippen molar-refractivity contribution < 1.29 is 9.18 Å². The van der Waals surface area contributed by atoms with Gasteiger partial charge in [0.25, 0.3) is 5.91 Å². The smallest absolute Gasteiger partial charge is 0.254 e. The monoisotopic (exact) mass is 336 g/mol. The van der Waals surface area contributed by atoms with Crippen molar-refractivity contribution >= 4 is 17.5 Å². The molecule has 1 fully saturated rings. The van der Waals surface area contributed by atoms with Crippen LogP contribution in [0, 0.1) is 5.82 Å². The molecule has 122 valence electrons. The van der Waals surface area contributed by atoms with Crippen LogP contribution in [-0.4, -0.2) is 40.2 Å². The number of carbonyl (C=O) groups excluding carboxylic acids is 1. The Balaban J connectivity index is 1.80. The van der Waals surface area contributed by atoms with Gasteiger partial charge in [0, 0.05) is 19.8 Å². The molecule has 23 heavy (non-hydrogen) atoms. The maximum absolute atomic E-state index is 13.8. The van der Waals surface area contributed by atoms with Gasteiger partial charge in [-0.3, -0.25) is 14.4 Å². The molecular weight excluding hydrogens is 319 g/mol. The van der Waals surface area contributed by atoms with Crippen LogP contribution in [-0.2, 0) is 7.05 Å². The molecule has 1 aromatic carbocycles. The number of benzene rings is 1. The number of nitrogens with one attached hydrogen (secondary N) is 1. The van der Waals surface area contributed by atoms with E-state index in [1.165, 1.54) is 12.3 Å². The first-order valence-corrected chi connectivity index (χ1v) is 7.78. The third kappa shape index (κ3) is 3.23. The number of amides is 1. The van der Waals surface area contributed by atoms with Gasteiger partial charge in [0.15, 0.2) is 0 Å². The fourth-order valence-electron chi connectivity index (χ4n) is 3.07. The maximum atomic E-state index is 13.8. The molecule has 0 spiro atoms. The molecule has 2 aromatic rings. The van der Waals surface area contributed by atoms with Crippen LogP contribution in [0.25, 0.3) is 0 Å². The number of carbonyl (C=O) groups is 1. The molecule has 1 N–H and O–H groups in total. The van der Waals surface area contributed by atoms with E-state index in [2.05, 4.69) is 15.3 Å². The first-order valence-electron chi connectivity index (χ1n) is 7.40. The SMILES string of the molecule is CN1CC[C@@H](NC(=O)c2cnn(C)c2)[C@H]1c1ccc(Cl)c(F)c1. The van der Waals surface area contributed by atoms with Crippen molar-refractivity contribution in [3.05, 3.63) is 52.6 Å². The fourth-order valence-corrected chi connectivity index (χ4v) is 3.19. The first kappa shape index (κ1) is 16.0. The van der Waals surface area contributed by atoms with E-state index in [1.54, 1.807) is 30.1 Å². The highest BCUT2D eigenvalue weighted by atomic mass is 35.5. The van der Waals surface area contributed by atoms with Crippen LogP contribution in [0.2, 0.25) is 5.02 Å². The highest BCUT2D eigenvalue weighted by Crippen LogP contribution is 2.32. The van der Waals surface area contributed by atoms with Gasteiger partial charge < -0.3 is 5.32 Å². The number of nitrogens with zero attached hydrogens (tertiary/aromatic N) is 3. The standard InChI is InChI=1S/C16H18ClFN4O/c1-21-6-5-14(20-16(23)11-8-19-22(2)9-11)15(21)10-3-4-12(17)13(18)7-10/h3-4,7-9,14-15H,5-6H2,1-2H3,(H,20,23)/t14-,15-/m1/s1. The summed E-state index contributed by atoms with van der Waals surface area (Å²) in [7, 11) is 3.73. The van der Waals surface area contributed by atoms with E-state index in [4.69, 9.17) is 11.6 Å². The van der Waals surface area contributed by atoms with Crippen LogP contribution in [0.3, 0.4) is 0 Å². The second-order valence-corrected chi connectivity index (χ2v) is 6.28. The van der Waals surface area contributed by atoms with Crippen molar-refractivity contribution in [2.45, 2.75) is 18.5 Å². The number of rotatable bonds is 3. The topological polar surface area (TPSA) is 50.2 Å². The zero-order valence-corrected chi connectivity index (χ0v) is 13.7. The average Bonchev–Trinajstić information content (AvgIpc) is 3.09. The van der Waals surface area contributed by atoms with Gasteiger partial charge in [-0.1, -0.05) is 17.7 Å². The van der Waals surface area contributed by atoms with Crippen LogP contribution in [0.1, 0.15) is 28.4 Å². The van der Waals surface area contributed by atoms with E-state index in [0.717, 1.165) is 18.5 Å². The molecule has 1 saturated heterocycles. The highest BCUT2D eigenvalue weighted by Gasteiger charge is 2.34. The van der Waals surface area contributed by atoms with E-state index in [-0.39, 0.29) is 23.0 Å². The summed E-state index contributed by atoms with van der Waals surface area (Å²) in [6.45, 7) is 0.826. The molecule has 0 bridgehead atoms. The van der Waals surface area contributed by atoms with Crippen LogP contribution >= 0.6 is 11.6 Å². The van der Waals surface area contributed by atoms with Crippen molar-refractivity contribution in [3.63, 3.8) is 0 Å². The molecule has 2 heterocycles. The summed E-state index contributed by atoms with van der Waals surface area (Å²) < 4.78 is 15.4. The minimum absolute atomic E-state index is 0.0811. The lowest BCUT2D eigenvalue weighted by atomic mass is 10.00. The summed E-state index contributed by atoms with van der Waals surface area (Å²) in [4.78, 5) is 14.4. The molecule has 1 amide bonds. The molecule has 5 nitrogen and oxygen atoms in total. The Bertz CT molecular complexity index is 733. The minimum atomic E-state index is -0.443. The number of hydrogen-bond acceptors (Lipinski definition) is 3. The van der Waals surface area contributed by atoms with Crippen molar-refractivity contribution in [1.82, 2.24) is 20.0 Å². The summed E-state index contributed by atoms with van der Waals surface area (Å²) in [6, 6.07) is 4.63. The van der Waals surface area contributed by atoms with E-state index in [9.17, 15) is 9.18 Å². The van der Waals surface area contributed by atoms with E-state index in [1.807, 2.05) is 7.05 Å². The van der Waals surface area contributed by atoms with E-state index < -0.39 is 5.82 Å². The molecule has 0 aliphatic carbocycles. The zero-order chi connectivity index (χ0) is 16.6. The molecule has 3 rings (SSSR count). The lowest BCUT2D eigenvalue weighted by molar-refractivity contribution is 0.0927. The van der Waals surface area contributed by atoms with Crippen LogP contribution in [0.15, 0.2) is 30.6 Å². The van der Waals surface area contributed by atoms with Gasteiger partial charge in [-0.2, -0.15) is 5.10 Å². The second-order valence-electron chi connectivity index (χ2n) is 5.87. The van der Waals surface area contributed by atoms with E-state index in [0.29, 0.717) is 5.56 Å². The van der Waals surface area contributed by atoms with Gasteiger partial charge in [-0.15, -0.1) is 0 Å². The fraction of sp³-hybridized carbons (Fsp3) is 0.375. The van der Waals surface area contributed by atoms with Gasteiger partial charge in [-0.05, 0) is 31.2 Å². The number of aromatic nitrogens is 2. The van der Waals surface area contributed by atoms with Crippen LogP contribution in [0.4, 0.5) is 4.39 Å². The molecule has 2 atom stereocenters. The lowest BCUT2D eigenvalue weighted by Gasteiger charge is -2.26. The molecule has 1 aromatic heterocycles. The second kappa shape index (κ2) is 6.29. The highest BCUT2D eigenvalue weighted by molar-refractivity contribution is 6.30. The lowest BCUT2D eigenvalue weighted by Crippen LogP contribution is -2.38. The zero-order valence-electron chi connectivity index (χ0n) is 13.0. The van der Waals surface area contributed by atoms with Gasteiger partial charge in [-0.25, -0.2) is 4.39 Å². The predicted molar refractivity (Wildman–Crippen MR) is 85.9 cm³/mol. The summed E-state index contributed by atoms with van der Waals surface area (Å²) >= 11 is 5.76. The Morgan fingerprint density at radius 1 is 1.43 bits per heavy atom. The summed E-state index contributed by atoms with van der Waals surface area (Å²) in [5.41, 5.74) is 1.33. The van der Waals surface area contributed by atoms with Crippen molar-refractivity contribution in [2.75, 3.05) is 13.6 Å². The third-order valence-electron chi connectivity index (χ3n) is 4.22. The normalized spacial score (nSPS) is 21.6. The number of halogens is 2. The molecule has 7 heteroatoms. The Labute approximate surface area is 139 Å². The number of likely N-dealkylation sites (tertiary alicyclic amines) is 1. The number of aryl methyl sites for hydroxylation is 1. The molecule has 1 aliphatic rings. The van der Waals surface area contributed by atoms with Crippen molar-refractivity contribution in [1.29, 1.82) is 0 Å².